The van der Waals surface area contributed by atoms with Crippen LogP contribution in [0.1, 0.15) is 12.5 Å². The van der Waals surface area contributed by atoms with Crippen molar-refractivity contribution >= 4 is 45.8 Å². The Morgan fingerprint density at radius 2 is 1.96 bits per heavy atom. The summed E-state index contributed by atoms with van der Waals surface area (Å²) in [7, 11) is 0. The first-order valence-electron chi connectivity index (χ1n) is 9.27. The van der Waals surface area contributed by atoms with Crippen molar-refractivity contribution in [2.75, 3.05) is 32.8 Å². The first-order chi connectivity index (χ1) is 13.6. The second-order valence-electron chi connectivity index (χ2n) is 6.65. The zero-order chi connectivity index (χ0) is 19.7. The minimum Gasteiger partial charge on any atom is -0.378 e. The van der Waals surface area contributed by atoms with E-state index >= 15 is 0 Å². The Morgan fingerprint density at radius 1 is 1.21 bits per heavy atom. The van der Waals surface area contributed by atoms with Crippen molar-refractivity contribution in [3.8, 4) is 0 Å². The lowest BCUT2D eigenvalue weighted by molar-refractivity contribution is -0.135. The Bertz CT molecular complexity index is 975. The number of thioether (sulfide) groups is 1. The van der Waals surface area contributed by atoms with Crippen LogP contribution in [-0.4, -0.2) is 64.3 Å². The molecule has 0 aliphatic carbocycles. The van der Waals surface area contributed by atoms with E-state index < -0.39 is 0 Å². The molecule has 2 fully saturated rings. The second kappa shape index (κ2) is 7.81. The SMILES string of the molecule is CCN1C(=O)SC(=Cc2cn(CC(=O)N3CCOCC3)c3ccccc23)C1=O. The van der Waals surface area contributed by atoms with Gasteiger partial charge in [0.1, 0.15) is 6.54 Å². The number of hydrogen-bond acceptors (Lipinski definition) is 5. The van der Waals surface area contributed by atoms with Gasteiger partial charge >= 0.3 is 0 Å². The zero-order valence-electron chi connectivity index (χ0n) is 15.6. The van der Waals surface area contributed by atoms with E-state index in [1.54, 1.807) is 13.0 Å². The zero-order valence-corrected chi connectivity index (χ0v) is 16.4. The van der Waals surface area contributed by atoms with Crippen molar-refractivity contribution in [2.24, 2.45) is 0 Å². The number of hydrogen-bond donors (Lipinski definition) is 0. The van der Waals surface area contributed by atoms with Crippen LogP contribution in [0.5, 0.6) is 0 Å². The minimum absolute atomic E-state index is 0.0434. The van der Waals surface area contributed by atoms with Crippen molar-refractivity contribution in [3.05, 3.63) is 40.9 Å². The fourth-order valence-electron chi connectivity index (χ4n) is 3.49. The molecule has 3 heterocycles. The van der Waals surface area contributed by atoms with Crippen LogP contribution >= 0.6 is 11.8 Å². The third-order valence-electron chi connectivity index (χ3n) is 4.97. The molecule has 28 heavy (non-hydrogen) atoms. The van der Waals surface area contributed by atoms with Crippen molar-refractivity contribution in [1.82, 2.24) is 14.4 Å². The Kier molecular flexibility index (Phi) is 5.23. The molecular weight excluding hydrogens is 378 g/mol. The van der Waals surface area contributed by atoms with E-state index in [0.717, 1.165) is 28.2 Å². The van der Waals surface area contributed by atoms with E-state index in [9.17, 15) is 14.4 Å². The number of carbonyl (C=O) groups is 3. The smallest absolute Gasteiger partial charge is 0.293 e. The molecule has 1 aromatic carbocycles. The molecule has 0 atom stereocenters. The summed E-state index contributed by atoms with van der Waals surface area (Å²) in [6.45, 7) is 4.71. The lowest BCUT2D eigenvalue weighted by atomic mass is 10.1. The van der Waals surface area contributed by atoms with Gasteiger partial charge in [-0.3, -0.25) is 19.3 Å². The number of benzene rings is 1. The van der Waals surface area contributed by atoms with E-state index in [4.69, 9.17) is 4.74 Å². The van der Waals surface area contributed by atoms with Gasteiger partial charge in [-0.05, 0) is 30.8 Å². The van der Waals surface area contributed by atoms with E-state index in [1.165, 1.54) is 4.90 Å². The van der Waals surface area contributed by atoms with Crippen LogP contribution in [0, 0.1) is 0 Å². The highest BCUT2D eigenvalue weighted by Crippen LogP contribution is 2.33. The largest absolute Gasteiger partial charge is 0.378 e. The van der Waals surface area contributed by atoms with E-state index in [1.807, 2.05) is 39.9 Å². The Labute approximate surface area is 166 Å². The number of para-hydroxylation sites is 1. The summed E-state index contributed by atoms with van der Waals surface area (Å²) in [4.78, 5) is 40.5. The van der Waals surface area contributed by atoms with E-state index in [0.29, 0.717) is 37.8 Å². The monoisotopic (exact) mass is 399 g/mol. The van der Waals surface area contributed by atoms with Crippen LogP contribution in [0.25, 0.3) is 17.0 Å². The number of fused-ring (bicyclic) bond motifs is 1. The first-order valence-corrected chi connectivity index (χ1v) is 10.1. The van der Waals surface area contributed by atoms with Gasteiger partial charge in [0.05, 0.1) is 18.1 Å². The van der Waals surface area contributed by atoms with Gasteiger partial charge in [-0.2, -0.15) is 0 Å². The van der Waals surface area contributed by atoms with Crippen LogP contribution in [0.15, 0.2) is 35.4 Å². The summed E-state index contributed by atoms with van der Waals surface area (Å²) >= 11 is 0.956. The van der Waals surface area contributed by atoms with Crippen molar-refractivity contribution in [2.45, 2.75) is 13.5 Å². The Balaban J connectivity index is 1.65. The number of amides is 3. The summed E-state index contributed by atoms with van der Waals surface area (Å²) in [5.74, 6) is -0.222. The molecule has 1 aromatic heterocycles. The van der Waals surface area contributed by atoms with Crippen LogP contribution in [0.3, 0.4) is 0 Å². The van der Waals surface area contributed by atoms with Gasteiger partial charge in [-0.1, -0.05) is 18.2 Å². The number of rotatable bonds is 4. The molecule has 0 N–H and O–H groups in total. The van der Waals surface area contributed by atoms with E-state index in [-0.39, 0.29) is 23.6 Å². The summed E-state index contributed by atoms with van der Waals surface area (Å²) in [6.07, 6.45) is 3.63. The number of aromatic nitrogens is 1. The van der Waals surface area contributed by atoms with Crippen molar-refractivity contribution in [1.29, 1.82) is 0 Å². The van der Waals surface area contributed by atoms with Crippen LogP contribution < -0.4 is 0 Å². The highest BCUT2D eigenvalue weighted by Gasteiger charge is 2.33. The maximum Gasteiger partial charge on any atom is 0.293 e. The third-order valence-corrected chi connectivity index (χ3v) is 5.87. The van der Waals surface area contributed by atoms with Gasteiger partial charge in [-0.15, -0.1) is 0 Å². The van der Waals surface area contributed by atoms with Gasteiger partial charge in [-0.25, -0.2) is 0 Å². The lowest BCUT2D eigenvalue weighted by Crippen LogP contribution is -2.42. The van der Waals surface area contributed by atoms with Crippen molar-refractivity contribution < 1.29 is 19.1 Å². The molecule has 2 aliphatic rings. The van der Waals surface area contributed by atoms with Crippen molar-refractivity contribution in [3.63, 3.8) is 0 Å². The Hall–Kier alpha value is -2.58. The molecule has 0 spiro atoms. The highest BCUT2D eigenvalue weighted by atomic mass is 32.2. The lowest BCUT2D eigenvalue weighted by Gasteiger charge is -2.27. The molecule has 3 amide bonds. The molecule has 0 radical (unpaired) electrons. The summed E-state index contributed by atoms with van der Waals surface area (Å²) < 4.78 is 7.22. The molecule has 7 nitrogen and oxygen atoms in total. The van der Waals surface area contributed by atoms with Gasteiger partial charge < -0.3 is 14.2 Å². The average molecular weight is 399 g/mol. The fraction of sp³-hybridized carbons (Fsp3) is 0.350. The quantitative estimate of drug-likeness (QED) is 0.739. The molecule has 4 rings (SSSR count). The molecule has 146 valence electrons. The third kappa shape index (κ3) is 3.45. The fourth-order valence-corrected chi connectivity index (χ4v) is 4.39. The predicted octanol–water partition coefficient (Wildman–Crippen LogP) is 2.56. The maximum atomic E-state index is 12.7. The molecule has 2 aromatic rings. The average Bonchev–Trinajstić information content (AvgIpc) is 3.19. The maximum absolute atomic E-state index is 12.7. The number of imide groups is 1. The number of morpholine rings is 1. The molecule has 0 unspecified atom stereocenters. The van der Waals surface area contributed by atoms with Gasteiger partial charge in [0, 0.05) is 42.3 Å². The summed E-state index contributed by atoms with van der Waals surface area (Å²) in [5, 5.41) is 0.700. The number of ether oxygens (including phenoxy) is 1. The summed E-state index contributed by atoms with van der Waals surface area (Å²) in [6, 6.07) is 7.76. The minimum atomic E-state index is -0.265. The van der Waals surface area contributed by atoms with Gasteiger partial charge in [0.25, 0.3) is 11.1 Å². The summed E-state index contributed by atoms with van der Waals surface area (Å²) in [5.41, 5.74) is 1.75. The first kappa shape index (κ1) is 18.8. The number of carbonyl (C=O) groups excluding carboxylic acids is 3. The van der Waals surface area contributed by atoms with Gasteiger partial charge in [0.15, 0.2) is 0 Å². The van der Waals surface area contributed by atoms with Gasteiger partial charge in [0.2, 0.25) is 5.91 Å². The van der Waals surface area contributed by atoms with E-state index in [2.05, 4.69) is 0 Å². The molecule has 2 saturated heterocycles. The molecule has 2 aliphatic heterocycles. The highest BCUT2D eigenvalue weighted by molar-refractivity contribution is 8.18. The molecular formula is C20H21N3O4S. The number of nitrogens with zero attached hydrogens (tertiary/aromatic N) is 3. The predicted molar refractivity (Wildman–Crippen MR) is 108 cm³/mol. The standard InChI is InChI=1S/C20H21N3O4S/c1-2-23-19(25)17(28-20(23)26)11-14-12-22(16-6-4-3-5-15(14)16)13-18(24)21-7-9-27-10-8-21/h3-6,11-12H,2,7-10,13H2,1H3. The Morgan fingerprint density at radius 3 is 2.68 bits per heavy atom. The topological polar surface area (TPSA) is 71.8 Å². The van der Waals surface area contributed by atoms with Crippen LogP contribution in [0.2, 0.25) is 0 Å². The van der Waals surface area contributed by atoms with Crippen LogP contribution in [-0.2, 0) is 20.9 Å². The van der Waals surface area contributed by atoms with Crippen LogP contribution in [0.4, 0.5) is 4.79 Å². The second-order valence-corrected chi connectivity index (χ2v) is 7.64. The molecule has 8 heteroatoms. The molecule has 0 saturated carbocycles. The normalized spacial score (nSPS) is 19.2. The molecule has 0 bridgehead atoms. The number of likely N-dealkylation sites (N-methyl/N-ethyl adjacent to an activating group) is 1.